The van der Waals surface area contributed by atoms with E-state index in [1.807, 2.05) is 62.4 Å². The van der Waals surface area contributed by atoms with E-state index >= 15 is 0 Å². The first-order valence-corrected chi connectivity index (χ1v) is 7.85. The quantitative estimate of drug-likeness (QED) is 0.826. The molecule has 2 rings (SSSR count). The molecule has 0 spiro atoms. The van der Waals surface area contributed by atoms with Crippen molar-refractivity contribution in [3.8, 4) is 0 Å². The Balaban J connectivity index is 1.87. The molecule has 2 aromatic carbocycles. The Labute approximate surface area is 137 Å². The van der Waals surface area contributed by atoms with Gasteiger partial charge in [-0.1, -0.05) is 54.1 Å². The van der Waals surface area contributed by atoms with Crippen LogP contribution in [0.15, 0.2) is 48.5 Å². The first-order valence-electron chi connectivity index (χ1n) is 7.85. The van der Waals surface area contributed by atoms with Gasteiger partial charge in [-0.2, -0.15) is 0 Å². The minimum atomic E-state index is -0.646. The number of carbonyl (C=O) groups is 1. The molecule has 0 aliphatic rings. The van der Waals surface area contributed by atoms with E-state index in [-0.39, 0.29) is 5.91 Å². The van der Waals surface area contributed by atoms with E-state index < -0.39 is 6.04 Å². The van der Waals surface area contributed by atoms with Gasteiger partial charge >= 0.3 is 0 Å². The van der Waals surface area contributed by atoms with E-state index in [0.29, 0.717) is 19.8 Å². The first kappa shape index (κ1) is 17.2. The summed E-state index contributed by atoms with van der Waals surface area (Å²) in [6, 6.07) is 15.1. The van der Waals surface area contributed by atoms with Crippen LogP contribution in [-0.2, 0) is 22.7 Å². The average molecular weight is 312 g/mol. The number of benzene rings is 2. The minimum absolute atomic E-state index is 0.174. The lowest BCUT2D eigenvalue weighted by Gasteiger charge is -2.13. The van der Waals surface area contributed by atoms with Gasteiger partial charge in [0.25, 0.3) is 0 Å². The Morgan fingerprint density at radius 1 is 1.09 bits per heavy atom. The highest BCUT2D eigenvalue weighted by Crippen LogP contribution is 2.12. The summed E-state index contributed by atoms with van der Waals surface area (Å²) < 4.78 is 5.36. The van der Waals surface area contributed by atoms with Crippen LogP contribution < -0.4 is 11.1 Å². The smallest absolute Gasteiger partial charge is 0.241 e. The third-order valence-electron chi connectivity index (χ3n) is 3.68. The number of ether oxygens (including phenoxy) is 1. The van der Waals surface area contributed by atoms with Crippen LogP contribution in [0.1, 0.15) is 35.2 Å². The fourth-order valence-electron chi connectivity index (χ4n) is 2.20. The molecule has 4 nitrogen and oxygen atoms in total. The topological polar surface area (TPSA) is 64.3 Å². The van der Waals surface area contributed by atoms with Gasteiger partial charge in [-0.15, -0.1) is 0 Å². The molecule has 1 amide bonds. The van der Waals surface area contributed by atoms with Gasteiger partial charge in [0, 0.05) is 13.2 Å². The second kappa shape index (κ2) is 8.46. The van der Waals surface area contributed by atoms with Crippen molar-refractivity contribution in [2.45, 2.75) is 33.0 Å². The summed E-state index contributed by atoms with van der Waals surface area (Å²) in [5.74, 6) is -0.174. The van der Waals surface area contributed by atoms with Crippen LogP contribution >= 0.6 is 0 Å². The molecule has 23 heavy (non-hydrogen) atoms. The number of carbonyl (C=O) groups excluding carboxylic acids is 1. The zero-order chi connectivity index (χ0) is 16.7. The molecule has 1 atom stereocenters. The Morgan fingerprint density at radius 3 is 2.30 bits per heavy atom. The van der Waals surface area contributed by atoms with Gasteiger partial charge in [-0.05, 0) is 30.5 Å². The average Bonchev–Trinajstić information content (AvgIpc) is 2.58. The lowest BCUT2D eigenvalue weighted by molar-refractivity contribution is -0.122. The van der Waals surface area contributed by atoms with Crippen LogP contribution in [0.4, 0.5) is 0 Å². The van der Waals surface area contributed by atoms with Gasteiger partial charge in [0.1, 0.15) is 6.04 Å². The maximum atomic E-state index is 12.2. The van der Waals surface area contributed by atoms with Gasteiger partial charge in [0.05, 0.1) is 6.61 Å². The molecule has 0 saturated carbocycles. The number of aryl methyl sites for hydroxylation is 1. The normalized spacial score (nSPS) is 12.0. The summed E-state index contributed by atoms with van der Waals surface area (Å²) >= 11 is 0. The zero-order valence-electron chi connectivity index (χ0n) is 13.7. The first-order chi connectivity index (χ1) is 11.1. The van der Waals surface area contributed by atoms with E-state index in [1.54, 1.807) is 0 Å². The maximum Gasteiger partial charge on any atom is 0.241 e. The molecule has 0 heterocycles. The van der Waals surface area contributed by atoms with Crippen molar-refractivity contribution in [3.05, 3.63) is 70.8 Å². The third kappa shape index (κ3) is 5.20. The second-order valence-corrected chi connectivity index (χ2v) is 5.56. The highest BCUT2D eigenvalue weighted by molar-refractivity contribution is 5.82. The summed E-state index contributed by atoms with van der Waals surface area (Å²) in [5, 5.41) is 2.88. The summed E-state index contributed by atoms with van der Waals surface area (Å²) in [6.45, 7) is 5.76. The van der Waals surface area contributed by atoms with Crippen LogP contribution in [-0.4, -0.2) is 12.5 Å². The molecule has 0 fully saturated rings. The van der Waals surface area contributed by atoms with E-state index in [0.717, 1.165) is 22.3 Å². The van der Waals surface area contributed by atoms with Crippen LogP contribution in [0.3, 0.4) is 0 Å². The molecule has 2 aromatic rings. The van der Waals surface area contributed by atoms with Crippen molar-refractivity contribution in [2.75, 3.05) is 6.61 Å². The number of amides is 1. The highest BCUT2D eigenvalue weighted by atomic mass is 16.5. The largest absolute Gasteiger partial charge is 0.377 e. The number of hydrogen-bond acceptors (Lipinski definition) is 3. The van der Waals surface area contributed by atoms with Gasteiger partial charge < -0.3 is 15.8 Å². The molecule has 1 unspecified atom stereocenters. The molecule has 4 heteroatoms. The van der Waals surface area contributed by atoms with Gasteiger partial charge in [-0.25, -0.2) is 0 Å². The van der Waals surface area contributed by atoms with E-state index in [1.165, 1.54) is 0 Å². The zero-order valence-corrected chi connectivity index (χ0v) is 13.7. The number of nitrogens with one attached hydrogen (secondary N) is 1. The number of nitrogens with two attached hydrogens (primary N) is 1. The predicted molar refractivity (Wildman–Crippen MR) is 91.7 cm³/mol. The Kier molecular flexibility index (Phi) is 6.32. The second-order valence-electron chi connectivity index (χ2n) is 5.56. The molecular weight excluding hydrogens is 288 g/mol. The molecule has 0 aromatic heterocycles. The van der Waals surface area contributed by atoms with Crippen molar-refractivity contribution in [2.24, 2.45) is 5.73 Å². The molecule has 0 radical (unpaired) electrons. The van der Waals surface area contributed by atoms with E-state index in [2.05, 4.69) is 5.32 Å². The lowest BCUT2D eigenvalue weighted by Crippen LogP contribution is -2.33. The Morgan fingerprint density at radius 2 is 1.70 bits per heavy atom. The fraction of sp³-hybridized carbons (Fsp3) is 0.316. The summed E-state index contributed by atoms with van der Waals surface area (Å²) in [7, 11) is 0. The number of rotatable bonds is 7. The summed E-state index contributed by atoms with van der Waals surface area (Å²) in [5.41, 5.74) is 10.1. The van der Waals surface area contributed by atoms with Crippen LogP contribution in [0.5, 0.6) is 0 Å². The summed E-state index contributed by atoms with van der Waals surface area (Å²) in [6.07, 6.45) is 0. The fourth-order valence-corrected chi connectivity index (χ4v) is 2.20. The van der Waals surface area contributed by atoms with Crippen molar-refractivity contribution in [3.63, 3.8) is 0 Å². The SMILES string of the molecule is CCOCc1ccc(CNC(=O)C(N)c2ccc(C)cc2)cc1. The van der Waals surface area contributed by atoms with Crippen LogP contribution in [0.25, 0.3) is 0 Å². The predicted octanol–water partition coefficient (Wildman–Crippen LogP) is 2.85. The Hall–Kier alpha value is -2.17. The van der Waals surface area contributed by atoms with Crippen LogP contribution in [0.2, 0.25) is 0 Å². The van der Waals surface area contributed by atoms with Gasteiger partial charge in [-0.3, -0.25) is 4.79 Å². The molecule has 0 saturated heterocycles. The maximum absolute atomic E-state index is 12.2. The monoisotopic (exact) mass is 312 g/mol. The lowest BCUT2D eigenvalue weighted by atomic mass is 10.1. The molecular formula is C19H24N2O2. The molecule has 0 bridgehead atoms. The Bertz CT molecular complexity index is 621. The van der Waals surface area contributed by atoms with E-state index in [9.17, 15) is 4.79 Å². The van der Waals surface area contributed by atoms with Crippen molar-refractivity contribution in [1.82, 2.24) is 5.32 Å². The van der Waals surface area contributed by atoms with Crippen LogP contribution in [0, 0.1) is 6.92 Å². The standard InChI is InChI=1S/C19H24N2O2/c1-3-23-13-16-8-6-15(7-9-16)12-21-19(22)18(20)17-10-4-14(2)5-11-17/h4-11,18H,3,12-13,20H2,1-2H3,(H,21,22). The molecule has 3 N–H and O–H groups in total. The molecule has 0 aliphatic carbocycles. The van der Waals surface area contributed by atoms with E-state index in [4.69, 9.17) is 10.5 Å². The minimum Gasteiger partial charge on any atom is -0.377 e. The molecule has 122 valence electrons. The highest BCUT2D eigenvalue weighted by Gasteiger charge is 2.14. The summed E-state index contributed by atoms with van der Waals surface area (Å²) in [4.78, 5) is 12.2. The molecule has 0 aliphatic heterocycles. The van der Waals surface area contributed by atoms with Crippen molar-refractivity contribution < 1.29 is 9.53 Å². The van der Waals surface area contributed by atoms with Crippen molar-refractivity contribution in [1.29, 1.82) is 0 Å². The van der Waals surface area contributed by atoms with Gasteiger partial charge in [0.15, 0.2) is 0 Å². The van der Waals surface area contributed by atoms with Crippen molar-refractivity contribution >= 4 is 5.91 Å². The number of hydrogen-bond donors (Lipinski definition) is 2. The third-order valence-corrected chi connectivity index (χ3v) is 3.68. The van der Waals surface area contributed by atoms with Gasteiger partial charge in [0.2, 0.25) is 5.91 Å².